The van der Waals surface area contributed by atoms with Crippen molar-refractivity contribution in [2.75, 3.05) is 4.90 Å². The van der Waals surface area contributed by atoms with E-state index >= 15 is 0 Å². The smallest absolute Gasteiger partial charge is 0.135 e. The Morgan fingerprint density at radius 3 is 2.62 bits per heavy atom. The van der Waals surface area contributed by atoms with Gasteiger partial charge in [-0.05, 0) is 45.0 Å². The van der Waals surface area contributed by atoms with Crippen molar-refractivity contribution < 1.29 is 0 Å². The van der Waals surface area contributed by atoms with E-state index in [1.807, 2.05) is 6.07 Å². The van der Waals surface area contributed by atoms with Gasteiger partial charge in [0.15, 0.2) is 0 Å². The molecule has 0 saturated heterocycles. The van der Waals surface area contributed by atoms with Gasteiger partial charge in [0, 0.05) is 29.3 Å². The maximum atomic E-state index is 4.88. The summed E-state index contributed by atoms with van der Waals surface area (Å²) < 4.78 is 0. The predicted molar refractivity (Wildman–Crippen MR) is 99.6 cm³/mol. The highest BCUT2D eigenvalue weighted by atomic mass is 15.4. The molecule has 1 atom stereocenters. The molecule has 3 heterocycles. The second kappa shape index (κ2) is 5.71. The number of para-hydroxylation sites is 1. The van der Waals surface area contributed by atoms with Gasteiger partial charge in [-0.3, -0.25) is 0 Å². The monoisotopic (exact) mass is 318 g/mol. The van der Waals surface area contributed by atoms with E-state index in [1.165, 1.54) is 5.39 Å². The van der Waals surface area contributed by atoms with Gasteiger partial charge in [0.25, 0.3) is 0 Å². The molecule has 0 bridgehead atoms. The van der Waals surface area contributed by atoms with Crippen LogP contribution in [0.5, 0.6) is 0 Å². The first-order valence-corrected chi connectivity index (χ1v) is 8.43. The summed E-state index contributed by atoms with van der Waals surface area (Å²) in [7, 11) is 0. The van der Waals surface area contributed by atoms with Gasteiger partial charge in [-0.15, -0.1) is 0 Å². The molecule has 1 aliphatic rings. The lowest BCUT2D eigenvalue weighted by Gasteiger charge is -2.31. The topological polar surface area (TPSA) is 35.2 Å². The van der Waals surface area contributed by atoms with Gasteiger partial charge >= 0.3 is 0 Å². The minimum Gasteiger partial charge on any atom is -0.353 e. The maximum absolute atomic E-state index is 4.88. The van der Waals surface area contributed by atoms with Crippen LogP contribution in [0.4, 0.5) is 5.82 Å². The van der Waals surface area contributed by atoms with Crippen molar-refractivity contribution in [3.05, 3.63) is 60.9 Å². The summed E-state index contributed by atoms with van der Waals surface area (Å²) in [5.74, 6) is 0.970. The fourth-order valence-electron chi connectivity index (χ4n) is 3.34. The number of aromatic nitrogens is 2. The SMILES string of the molecule is CC(C)N1C=CN(c2cccc(-c3cc4ccccc4[nH]3)n2)[C@@H]1C. The molecule has 3 aromatic rings. The van der Waals surface area contributed by atoms with Crippen molar-refractivity contribution in [1.29, 1.82) is 0 Å². The first kappa shape index (κ1) is 14.8. The second-order valence-corrected chi connectivity index (χ2v) is 6.53. The molecule has 1 aliphatic heterocycles. The predicted octanol–water partition coefficient (Wildman–Crippen LogP) is 4.58. The summed E-state index contributed by atoms with van der Waals surface area (Å²) in [6.45, 7) is 6.62. The highest BCUT2D eigenvalue weighted by Crippen LogP contribution is 2.28. The van der Waals surface area contributed by atoms with Crippen molar-refractivity contribution in [1.82, 2.24) is 14.9 Å². The van der Waals surface area contributed by atoms with Crippen LogP contribution in [0.2, 0.25) is 0 Å². The van der Waals surface area contributed by atoms with E-state index in [9.17, 15) is 0 Å². The number of fused-ring (bicyclic) bond motifs is 1. The molecule has 0 aliphatic carbocycles. The van der Waals surface area contributed by atoms with E-state index in [1.54, 1.807) is 0 Å². The fourth-order valence-corrected chi connectivity index (χ4v) is 3.34. The number of aromatic amines is 1. The normalized spacial score (nSPS) is 17.4. The number of anilines is 1. The van der Waals surface area contributed by atoms with E-state index in [0.717, 1.165) is 22.7 Å². The molecule has 0 unspecified atom stereocenters. The highest BCUT2D eigenvalue weighted by molar-refractivity contribution is 5.85. The zero-order chi connectivity index (χ0) is 16.7. The molecule has 1 N–H and O–H groups in total. The third kappa shape index (κ3) is 2.44. The molecule has 0 saturated carbocycles. The summed E-state index contributed by atoms with van der Waals surface area (Å²) in [5, 5.41) is 1.21. The number of pyridine rings is 1. The van der Waals surface area contributed by atoms with Crippen molar-refractivity contribution in [3.8, 4) is 11.4 Å². The van der Waals surface area contributed by atoms with E-state index in [-0.39, 0.29) is 6.17 Å². The molecule has 122 valence electrons. The van der Waals surface area contributed by atoms with Crippen LogP contribution in [0.3, 0.4) is 0 Å². The Labute approximate surface area is 142 Å². The Morgan fingerprint density at radius 2 is 1.88 bits per heavy atom. The Balaban J connectivity index is 1.68. The molecule has 0 fully saturated rings. The zero-order valence-electron chi connectivity index (χ0n) is 14.3. The molecule has 2 aromatic heterocycles. The quantitative estimate of drug-likeness (QED) is 0.768. The van der Waals surface area contributed by atoms with Crippen LogP contribution in [0.25, 0.3) is 22.3 Å². The molecule has 4 nitrogen and oxygen atoms in total. The lowest BCUT2D eigenvalue weighted by Crippen LogP contribution is -2.39. The molecular weight excluding hydrogens is 296 g/mol. The lowest BCUT2D eigenvalue weighted by atomic mass is 10.2. The highest BCUT2D eigenvalue weighted by Gasteiger charge is 2.25. The van der Waals surface area contributed by atoms with Gasteiger partial charge in [0.05, 0.1) is 11.4 Å². The number of H-pyrrole nitrogens is 1. The van der Waals surface area contributed by atoms with Crippen molar-refractivity contribution >= 4 is 16.7 Å². The van der Waals surface area contributed by atoms with Crippen LogP contribution in [-0.2, 0) is 0 Å². The van der Waals surface area contributed by atoms with Gasteiger partial charge in [-0.2, -0.15) is 0 Å². The van der Waals surface area contributed by atoms with Crippen LogP contribution < -0.4 is 4.90 Å². The van der Waals surface area contributed by atoms with Gasteiger partial charge in [0.2, 0.25) is 0 Å². The van der Waals surface area contributed by atoms with Crippen LogP contribution >= 0.6 is 0 Å². The van der Waals surface area contributed by atoms with Gasteiger partial charge < -0.3 is 14.8 Å². The minimum absolute atomic E-state index is 0.274. The fraction of sp³-hybridized carbons (Fsp3) is 0.250. The number of hydrogen-bond donors (Lipinski definition) is 1. The van der Waals surface area contributed by atoms with Crippen LogP contribution in [0.15, 0.2) is 60.9 Å². The van der Waals surface area contributed by atoms with Crippen molar-refractivity contribution in [2.45, 2.75) is 33.0 Å². The second-order valence-electron chi connectivity index (χ2n) is 6.53. The number of hydrogen-bond acceptors (Lipinski definition) is 3. The Kier molecular flexibility index (Phi) is 3.53. The minimum atomic E-state index is 0.274. The summed E-state index contributed by atoms with van der Waals surface area (Å²) in [6.07, 6.45) is 4.53. The van der Waals surface area contributed by atoms with E-state index in [0.29, 0.717) is 6.04 Å². The third-order valence-electron chi connectivity index (χ3n) is 4.63. The Morgan fingerprint density at radius 1 is 1.04 bits per heavy atom. The molecule has 0 radical (unpaired) electrons. The maximum Gasteiger partial charge on any atom is 0.135 e. The summed E-state index contributed by atoms with van der Waals surface area (Å²) >= 11 is 0. The molecule has 0 spiro atoms. The number of rotatable bonds is 3. The Hall–Kier alpha value is -2.75. The molecular formula is C20H22N4. The van der Waals surface area contributed by atoms with Crippen LogP contribution in [0.1, 0.15) is 20.8 Å². The molecule has 4 rings (SSSR count). The largest absolute Gasteiger partial charge is 0.353 e. The summed E-state index contributed by atoms with van der Waals surface area (Å²) in [4.78, 5) is 12.9. The molecule has 4 heteroatoms. The molecule has 1 aromatic carbocycles. The van der Waals surface area contributed by atoms with E-state index < -0.39 is 0 Å². The zero-order valence-corrected chi connectivity index (χ0v) is 14.3. The van der Waals surface area contributed by atoms with E-state index in [4.69, 9.17) is 4.98 Å². The first-order valence-electron chi connectivity index (χ1n) is 8.43. The van der Waals surface area contributed by atoms with Crippen molar-refractivity contribution in [3.63, 3.8) is 0 Å². The van der Waals surface area contributed by atoms with Gasteiger partial charge in [-0.25, -0.2) is 4.98 Å². The Bertz CT molecular complexity index is 860. The summed E-state index contributed by atoms with van der Waals surface area (Å²) in [6, 6.07) is 17.1. The standard InChI is InChI=1S/C20H22N4/c1-14(2)23-11-12-24(15(23)3)20-10-6-9-18(22-20)19-13-16-7-4-5-8-17(16)21-19/h4-15,21H,1-3H3/t15-/m1/s1. The van der Waals surface area contributed by atoms with Crippen LogP contribution in [-0.4, -0.2) is 27.1 Å². The van der Waals surface area contributed by atoms with Gasteiger partial charge in [-0.1, -0.05) is 24.3 Å². The summed E-state index contributed by atoms with van der Waals surface area (Å²) in [5.41, 5.74) is 3.15. The number of benzene rings is 1. The van der Waals surface area contributed by atoms with Crippen LogP contribution in [0, 0.1) is 0 Å². The molecule has 0 amide bonds. The van der Waals surface area contributed by atoms with E-state index in [2.05, 4.69) is 90.4 Å². The van der Waals surface area contributed by atoms with Crippen molar-refractivity contribution in [2.24, 2.45) is 0 Å². The van der Waals surface area contributed by atoms with Gasteiger partial charge in [0.1, 0.15) is 12.0 Å². The number of nitrogens with one attached hydrogen (secondary N) is 1. The third-order valence-corrected chi connectivity index (χ3v) is 4.63. The first-order chi connectivity index (χ1) is 11.6. The molecule has 24 heavy (non-hydrogen) atoms. The number of nitrogens with zero attached hydrogens (tertiary/aromatic N) is 3. The average Bonchev–Trinajstić information content (AvgIpc) is 3.18. The average molecular weight is 318 g/mol. The lowest BCUT2D eigenvalue weighted by molar-refractivity contribution is 0.263.